The van der Waals surface area contributed by atoms with E-state index in [9.17, 15) is 4.39 Å². The molecule has 19 heavy (non-hydrogen) atoms. The van der Waals surface area contributed by atoms with Crippen molar-refractivity contribution in [3.8, 4) is 5.75 Å². The largest absolute Gasteiger partial charge is 0.492 e. The topological polar surface area (TPSA) is 39.1 Å². The lowest BCUT2D eigenvalue weighted by atomic mass is 10.1. The summed E-state index contributed by atoms with van der Waals surface area (Å²) in [6, 6.07) is 3.34. The smallest absolute Gasteiger partial charge is 0.177 e. The molecule has 0 bridgehead atoms. The average molecular weight is 263 g/mol. The van der Waals surface area contributed by atoms with Crippen LogP contribution in [-0.2, 0) is 7.05 Å². The molecule has 2 aromatic rings. The number of aromatic nitrogens is 2. The Labute approximate surface area is 112 Å². The van der Waals surface area contributed by atoms with Crippen LogP contribution in [0.25, 0.3) is 0 Å². The first-order valence-electron chi connectivity index (χ1n) is 6.10. The van der Waals surface area contributed by atoms with Crippen molar-refractivity contribution in [2.24, 2.45) is 7.05 Å². The van der Waals surface area contributed by atoms with Gasteiger partial charge in [0.1, 0.15) is 0 Å². The van der Waals surface area contributed by atoms with Crippen molar-refractivity contribution in [3.05, 3.63) is 41.5 Å². The number of benzene rings is 1. The van der Waals surface area contributed by atoms with Gasteiger partial charge in [0.05, 0.1) is 25.0 Å². The van der Waals surface area contributed by atoms with Gasteiger partial charge in [0, 0.05) is 18.8 Å². The van der Waals surface area contributed by atoms with E-state index in [0.29, 0.717) is 5.69 Å². The van der Waals surface area contributed by atoms with Crippen molar-refractivity contribution in [3.63, 3.8) is 0 Å². The molecule has 0 radical (unpaired) electrons. The molecular weight excluding hydrogens is 245 g/mol. The second-order valence-corrected chi connectivity index (χ2v) is 4.64. The first-order chi connectivity index (χ1) is 9.01. The van der Waals surface area contributed by atoms with E-state index >= 15 is 0 Å². The number of ether oxygens (including phenoxy) is 1. The van der Waals surface area contributed by atoms with E-state index < -0.39 is 0 Å². The second kappa shape index (κ2) is 5.30. The van der Waals surface area contributed by atoms with E-state index in [2.05, 4.69) is 10.4 Å². The highest BCUT2D eigenvalue weighted by Crippen LogP contribution is 2.31. The zero-order chi connectivity index (χ0) is 14.0. The maximum atomic E-state index is 13.8. The molecule has 1 aromatic heterocycles. The van der Waals surface area contributed by atoms with Crippen molar-refractivity contribution in [1.29, 1.82) is 0 Å². The van der Waals surface area contributed by atoms with Gasteiger partial charge in [0.15, 0.2) is 11.6 Å². The molecule has 2 rings (SSSR count). The Kier molecular flexibility index (Phi) is 3.74. The molecule has 1 heterocycles. The van der Waals surface area contributed by atoms with Crippen LogP contribution in [0.2, 0.25) is 0 Å². The number of anilines is 1. The van der Waals surface area contributed by atoms with Gasteiger partial charge in [-0.05, 0) is 31.5 Å². The van der Waals surface area contributed by atoms with Gasteiger partial charge in [-0.15, -0.1) is 0 Å². The Balaban J connectivity index is 2.27. The normalized spacial score (nSPS) is 12.3. The third kappa shape index (κ3) is 2.86. The van der Waals surface area contributed by atoms with Crippen molar-refractivity contribution in [1.82, 2.24) is 9.78 Å². The van der Waals surface area contributed by atoms with Crippen LogP contribution in [0.3, 0.4) is 0 Å². The molecule has 1 atom stereocenters. The predicted molar refractivity (Wildman–Crippen MR) is 72.9 cm³/mol. The van der Waals surface area contributed by atoms with Crippen LogP contribution in [0.15, 0.2) is 24.5 Å². The maximum Gasteiger partial charge on any atom is 0.177 e. The Bertz CT molecular complexity index is 580. The van der Waals surface area contributed by atoms with Crippen LogP contribution in [0.5, 0.6) is 5.75 Å². The molecule has 1 aromatic carbocycles. The van der Waals surface area contributed by atoms with Crippen LogP contribution < -0.4 is 10.1 Å². The molecule has 1 N–H and O–H groups in total. The summed E-state index contributed by atoms with van der Waals surface area (Å²) in [6.07, 6.45) is 3.71. The first kappa shape index (κ1) is 13.4. The van der Waals surface area contributed by atoms with Gasteiger partial charge < -0.3 is 10.1 Å². The Morgan fingerprint density at radius 3 is 2.74 bits per heavy atom. The summed E-state index contributed by atoms with van der Waals surface area (Å²) in [5.41, 5.74) is 2.53. The van der Waals surface area contributed by atoms with Crippen molar-refractivity contribution in [2.75, 3.05) is 12.4 Å². The molecule has 0 aliphatic rings. The Hall–Kier alpha value is -2.04. The summed E-state index contributed by atoms with van der Waals surface area (Å²) in [7, 11) is 3.33. The minimum absolute atomic E-state index is 0.0174. The monoisotopic (exact) mass is 263 g/mol. The van der Waals surface area contributed by atoms with Gasteiger partial charge in [-0.25, -0.2) is 4.39 Å². The molecule has 0 fully saturated rings. The highest BCUT2D eigenvalue weighted by atomic mass is 19.1. The van der Waals surface area contributed by atoms with Gasteiger partial charge in [0.25, 0.3) is 0 Å². The minimum atomic E-state index is -0.358. The average Bonchev–Trinajstić information content (AvgIpc) is 2.75. The van der Waals surface area contributed by atoms with Crippen LogP contribution in [0.4, 0.5) is 10.1 Å². The van der Waals surface area contributed by atoms with Crippen LogP contribution in [0, 0.1) is 12.7 Å². The highest BCUT2D eigenvalue weighted by molar-refractivity contribution is 5.59. The molecule has 0 unspecified atom stereocenters. The van der Waals surface area contributed by atoms with Crippen LogP contribution in [0.1, 0.15) is 24.1 Å². The maximum absolute atomic E-state index is 13.8. The number of halogens is 1. The van der Waals surface area contributed by atoms with Gasteiger partial charge in [-0.2, -0.15) is 5.10 Å². The van der Waals surface area contributed by atoms with Crippen LogP contribution >= 0.6 is 0 Å². The molecule has 4 nitrogen and oxygen atoms in total. The lowest BCUT2D eigenvalue weighted by Gasteiger charge is -2.17. The van der Waals surface area contributed by atoms with Gasteiger partial charge in [0.2, 0.25) is 0 Å². The second-order valence-electron chi connectivity index (χ2n) is 4.64. The zero-order valence-corrected chi connectivity index (χ0v) is 11.6. The molecular formula is C14H18FN3O. The third-order valence-corrected chi connectivity index (χ3v) is 2.99. The molecule has 0 spiro atoms. The molecule has 5 heteroatoms. The molecule has 0 aliphatic heterocycles. The fourth-order valence-electron chi connectivity index (χ4n) is 2.02. The van der Waals surface area contributed by atoms with E-state index in [0.717, 1.165) is 11.1 Å². The molecule has 102 valence electrons. The molecule has 0 aliphatic carbocycles. The van der Waals surface area contributed by atoms with E-state index in [1.165, 1.54) is 13.2 Å². The van der Waals surface area contributed by atoms with Crippen molar-refractivity contribution < 1.29 is 9.13 Å². The number of hydrogen-bond donors (Lipinski definition) is 1. The molecule has 0 saturated carbocycles. The Morgan fingerprint density at radius 1 is 1.42 bits per heavy atom. The SMILES string of the molecule is COc1c(F)cc(C)cc1N[C@@H](C)c1cnn(C)c1. The Morgan fingerprint density at radius 2 is 2.16 bits per heavy atom. The number of hydrogen-bond acceptors (Lipinski definition) is 3. The van der Waals surface area contributed by atoms with E-state index in [-0.39, 0.29) is 17.6 Å². The lowest BCUT2D eigenvalue weighted by molar-refractivity contribution is 0.388. The van der Waals surface area contributed by atoms with Gasteiger partial charge in [-0.3, -0.25) is 4.68 Å². The number of methoxy groups -OCH3 is 1. The quantitative estimate of drug-likeness (QED) is 0.921. The summed E-state index contributed by atoms with van der Waals surface area (Å²) in [6.45, 7) is 3.85. The van der Waals surface area contributed by atoms with Crippen molar-refractivity contribution in [2.45, 2.75) is 19.9 Å². The highest BCUT2D eigenvalue weighted by Gasteiger charge is 2.14. The molecule has 0 saturated heterocycles. The minimum Gasteiger partial charge on any atom is -0.492 e. The fourth-order valence-corrected chi connectivity index (χ4v) is 2.02. The lowest BCUT2D eigenvalue weighted by Crippen LogP contribution is -2.08. The molecule has 0 amide bonds. The van der Waals surface area contributed by atoms with E-state index in [1.807, 2.05) is 33.2 Å². The standard InChI is InChI=1S/C14H18FN3O/c1-9-5-12(15)14(19-4)13(6-9)17-10(2)11-7-16-18(3)8-11/h5-8,10,17H,1-4H3/t10-/m0/s1. The number of aryl methyl sites for hydroxylation is 2. The van der Waals surface area contributed by atoms with Crippen molar-refractivity contribution >= 4 is 5.69 Å². The van der Waals surface area contributed by atoms with E-state index in [1.54, 1.807) is 10.9 Å². The van der Waals surface area contributed by atoms with Gasteiger partial charge in [-0.1, -0.05) is 0 Å². The summed E-state index contributed by atoms with van der Waals surface area (Å²) in [5.74, 6) is -0.121. The number of nitrogens with zero attached hydrogens (tertiary/aromatic N) is 2. The number of rotatable bonds is 4. The number of nitrogens with one attached hydrogen (secondary N) is 1. The third-order valence-electron chi connectivity index (χ3n) is 2.99. The zero-order valence-electron chi connectivity index (χ0n) is 11.6. The first-order valence-corrected chi connectivity index (χ1v) is 6.10. The summed E-state index contributed by atoms with van der Waals surface area (Å²) < 4.78 is 20.6. The summed E-state index contributed by atoms with van der Waals surface area (Å²) in [4.78, 5) is 0. The summed E-state index contributed by atoms with van der Waals surface area (Å²) in [5, 5.41) is 7.38. The predicted octanol–water partition coefficient (Wildman–Crippen LogP) is 3.05. The fraction of sp³-hybridized carbons (Fsp3) is 0.357. The van der Waals surface area contributed by atoms with Crippen LogP contribution in [-0.4, -0.2) is 16.9 Å². The van der Waals surface area contributed by atoms with Gasteiger partial charge >= 0.3 is 0 Å². The van der Waals surface area contributed by atoms with E-state index in [4.69, 9.17) is 4.74 Å². The summed E-state index contributed by atoms with van der Waals surface area (Å²) >= 11 is 0.